The average Bonchev–Trinajstić information content (AvgIpc) is 3.18. The number of hydrogen-bond acceptors (Lipinski definition) is 9. The zero-order chi connectivity index (χ0) is 25.5. The number of aromatic nitrogens is 5. The smallest absolute Gasteiger partial charge is 0.407 e. The van der Waals surface area contributed by atoms with Crippen molar-refractivity contribution in [3.63, 3.8) is 0 Å². The SMILES string of the molecule is COC(=O)NCc1c(N)nc(-c2nn(Cc3ccccc3F)c3ncccc23)nc1N.CS(C)=O. The van der Waals surface area contributed by atoms with Crippen LogP contribution in [-0.4, -0.2) is 54.7 Å². The lowest BCUT2D eigenvalue weighted by molar-refractivity contribution is 0.170. The van der Waals surface area contributed by atoms with Gasteiger partial charge in [0.1, 0.15) is 23.1 Å². The maximum Gasteiger partial charge on any atom is 0.407 e. The number of ether oxygens (including phenoxy) is 1. The van der Waals surface area contributed by atoms with Gasteiger partial charge in [-0.15, -0.1) is 0 Å². The highest BCUT2D eigenvalue weighted by Crippen LogP contribution is 2.28. The minimum atomic E-state index is -0.633. The van der Waals surface area contributed by atoms with E-state index in [1.54, 1.807) is 47.7 Å². The van der Waals surface area contributed by atoms with Gasteiger partial charge in [0.05, 0.1) is 31.1 Å². The van der Waals surface area contributed by atoms with Gasteiger partial charge >= 0.3 is 6.09 Å². The Morgan fingerprint density at radius 3 is 2.43 bits per heavy atom. The van der Waals surface area contributed by atoms with Gasteiger partial charge < -0.3 is 21.5 Å². The number of halogens is 1. The minimum absolute atomic E-state index is 0.00858. The molecule has 0 unspecified atom stereocenters. The van der Waals surface area contributed by atoms with Gasteiger partial charge in [-0.3, -0.25) is 4.21 Å². The Morgan fingerprint density at radius 2 is 1.80 bits per heavy atom. The Labute approximate surface area is 203 Å². The maximum atomic E-state index is 14.2. The van der Waals surface area contributed by atoms with Crippen LogP contribution in [0.2, 0.25) is 0 Å². The molecule has 0 spiro atoms. The van der Waals surface area contributed by atoms with Crippen LogP contribution in [0.25, 0.3) is 22.6 Å². The number of rotatable bonds is 5. The standard InChI is InChI=1S/C20H19FN8O2.C2H6OS/c1-31-20(30)25-9-13-16(22)26-18(27-17(13)23)15-12-6-4-8-24-19(12)29(28-15)10-11-5-2-3-7-14(11)21;1-4(2)3/h2-8H,9-10H2,1H3,(H,25,30)(H4,22,23,26,27);1-2H3. The average molecular weight is 501 g/mol. The fourth-order valence-corrected chi connectivity index (χ4v) is 3.11. The first-order valence-corrected chi connectivity index (χ1v) is 12.2. The third-order valence-electron chi connectivity index (χ3n) is 4.66. The number of benzene rings is 1. The predicted molar refractivity (Wildman–Crippen MR) is 132 cm³/mol. The van der Waals surface area contributed by atoms with Crippen molar-refractivity contribution >= 4 is 39.6 Å². The van der Waals surface area contributed by atoms with Crippen LogP contribution in [0, 0.1) is 5.82 Å². The molecule has 1 amide bonds. The molecule has 0 radical (unpaired) electrons. The van der Waals surface area contributed by atoms with Crippen LogP contribution < -0.4 is 16.8 Å². The second-order valence-electron chi connectivity index (χ2n) is 7.36. The van der Waals surface area contributed by atoms with Gasteiger partial charge in [-0.05, 0) is 18.2 Å². The molecule has 35 heavy (non-hydrogen) atoms. The number of amides is 1. The van der Waals surface area contributed by atoms with E-state index < -0.39 is 16.9 Å². The lowest BCUT2D eigenvalue weighted by atomic mass is 10.2. The number of pyridine rings is 1. The number of methoxy groups -OCH3 is 1. The van der Waals surface area contributed by atoms with E-state index in [0.29, 0.717) is 27.9 Å². The number of carbonyl (C=O) groups is 1. The molecular weight excluding hydrogens is 475 g/mol. The summed E-state index contributed by atoms with van der Waals surface area (Å²) >= 11 is 0. The first kappa shape index (κ1) is 25.5. The summed E-state index contributed by atoms with van der Waals surface area (Å²) in [4.78, 5) is 24.3. The molecule has 0 fully saturated rings. The molecule has 1 aromatic carbocycles. The van der Waals surface area contributed by atoms with E-state index in [9.17, 15) is 13.4 Å². The Bertz CT molecular complexity index is 1350. The Balaban J connectivity index is 0.000000795. The van der Waals surface area contributed by atoms with Crippen molar-refractivity contribution in [3.8, 4) is 11.5 Å². The van der Waals surface area contributed by atoms with Crippen molar-refractivity contribution in [2.75, 3.05) is 31.1 Å². The van der Waals surface area contributed by atoms with Crippen molar-refractivity contribution in [3.05, 3.63) is 59.5 Å². The second kappa shape index (κ2) is 11.3. The van der Waals surface area contributed by atoms with Gasteiger partial charge in [-0.25, -0.2) is 28.8 Å². The topological polar surface area (TPSA) is 164 Å². The van der Waals surface area contributed by atoms with Crippen LogP contribution in [0.5, 0.6) is 0 Å². The molecule has 4 rings (SSSR count). The highest BCUT2D eigenvalue weighted by molar-refractivity contribution is 7.83. The predicted octanol–water partition coefficient (Wildman–Crippen LogP) is 2.09. The summed E-state index contributed by atoms with van der Waals surface area (Å²) in [7, 11) is 0.637. The van der Waals surface area contributed by atoms with Gasteiger partial charge in [0.2, 0.25) is 0 Å². The lowest BCUT2D eigenvalue weighted by Gasteiger charge is -2.10. The van der Waals surface area contributed by atoms with E-state index in [4.69, 9.17) is 11.5 Å². The number of anilines is 2. The van der Waals surface area contributed by atoms with E-state index in [2.05, 4.69) is 30.1 Å². The number of nitrogens with zero attached hydrogens (tertiary/aromatic N) is 5. The monoisotopic (exact) mass is 500 g/mol. The van der Waals surface area contributed by atoms with E-state index >= 15 is 0 Å². The molecule has 0 atom stereocenters. The molecule has 0 saturated carbocycles. The van der Waals surface area contributed by atoms with Crippen LogP contribution >= 0.6 is 0 Å². The maximum absolute atomic E-state index is 14.2. The Kier molecular flexibility index (Phi) is 8.25. The number of nitrogens with two attached hydrogens (primary N) is 2. The first-order chi connectivity index (χ1) is 16.7. The molecule has 13 heteroatoms. The van der Waals surface area contributed by atoms with E-state index in [0.717, 1.165) is 0 Å². The molecule has 0 aliphatic carbocycles. The minimum Gasteiger partial charge on any atom is -0.453 e. The summed E-state index contributed by atoms with van der Waals surface area (Å²) in [5, 5.41) is 7.71. The summed E-state index contributed by atoms with van der Waals surface area (Å²) in [6.07, 6.45) is 4.27. The normalized spacial score (nSPS) is 10.7. The van der Waals surface area contributed by atoms with Crippen molar-refractivity contribution in [1.82, 2.24) is 30.0 Å². The summed E-state index contributed by atoms with van der Waals surface area (Å²) in [6.45, 7) is 0.181. The van der Waals surface area contributed by atoms with Crippen molar-refractivity contribution < 1.29 is 18.1 Å². The highest BCUT2D eigenvalue weighted by Gasteiger charge is 2.19. The second-order valence-corrected chi connectivity index (χ2v) is 8.84. The summed E-state index contributed by atoms with van der Waals surface area (Å²) < 4.78 is 29.8. The van der Waals surface area contributed by atoms with Crippen molar-refractivity contribution in [2.24, 2.45) is 0 Å². The molecule has 0 saturated heterocycles. The summed E-state index contributed by atoms with van der Waals surface area (Å²) in [6, 6.07) is 10.0. The van der Waals surface area contributed by atoms with Crippen molar-refractivity contribution in [2.45, 2.75) is 13.1 Å². The van der Waals surface area contributed by atoms with Crippen LogP contribution in [0.15, 0.2) is 42.6 Å². The molecule has 0 bridgehead atoms. The van der Waals surface area contributed by atoms with E-state index in [1.807, 2.05) is 6.07 Å². The lowest BCUT2D eigenvalue weighted by Crippen LogP contribution is -2.24. The molecule has 11 nitrogen and oxygen atoms in total. The first-order valence-electron chi connectivity index (χ1n) is 10.2. The summed E-state index contributed by atoms with van der Waals surface area (Å²) in [5.41, 5.74) is 13.9. The Morgan fingerprint density at radius 1 is 1.14 bits per heavy atom. The highest BCUT2D eigenvalue weighted by atomic mass is 32.2. The summed E-state index contributed by atoms with van der Waals surface area (Å²) in [5.74, 6) is 0.0529. The zero-order valence-corrected chi connectivity index (χ0v) is 20.2. The molecule has 4 aromatic rings. The third-order valence-corrected chi connectivity index (χ3v) is 4.66. The zero-order valence-electron chi connectivity index (χ0n) is 19.4. The number of nitrogen functional groups attached to an aromatic ring is 2. The quantitative estimate of drug-likeness (QED) is 0.372. The molecule has 3 aromatic heterocycles. The fraction of sp³-hybridized carbons (Fsp3) is 0.227. The van der Waals surface area contributed by atoms with Crippen LogP contribution in [0.3, 0.4) is 0 Å². The molecule has 5 N–H and O–H groups in total. The number of alkyl carbamates (subject to hydrolysis) is 1. The number of carbonyl (C=O) groups excluding carboxylic acids is 1. The Hall–Kier alpha value is -4.13. The number of hydrogen-bond donors (Lipinski definition) is 3. The van der Waals surface area contributed by atoms with Crippen LogP contribution in [-0.2, 0) is 28.6 Å². The van der Waals surface area contributed by atoms with Gasteiger partial charge in [0.25, 0.3) is 0 Å². The fourth-order valence-electron chi connectivity index (χ4n) is 3.11. The van der Waals surface area contributed by atoms with Crippen LogP contribution in [0.4, 0.5) is 20.8 Å². The molecule has 3 heterocycles. The van der Waals surface area contributed by atoms with Gasteiger partial charge in [0.15, 0.2) is 11.5 Å². The van der Waals surface area contributed by atoms with Gasteiger partial charge in [-0.1, -0.05) is 18.2 Å². The number of fused-ring (bicyclic) bond motifs is 1. The van der Waals surface area contributed by atoms with E-state index in [-0.39, 0.29) is 36.4 Å². The third kappa shape index (κ3) is 6.26. The number of nitrogens with one attached hydrogen (secondary N) is 1. The van der Waals surface area contributed by atoms with Gasteiger partial charge in [-0.2, -0.15) is 5.10 Å². The molecular formula is C22H25FN8O3S. The van der Waals surface area contributed by atoms with Crippen molar-refractivity contribution in [1.29, 1.82) is 0 Å². The van der Waals surface area contributed by atoms with E-state index in [1.165, 1.54) is 13.2 Å². The molecule has 0 aliphatic heterocycles. The molecule has 184 valence electrons. The van der Waals surface area contributed by atoms with Crippen LogP contribution in [0.1, 0.15) is 11.1 Å². The molecule has 0 aliphatic rings. The largest absolute Gasteiger partial charge is 0.453 e. The van der Waals surface area contributed by atoms with Gasteiger partial charge in [0, 0.05) is 35.1 Å².